The SMILES string of the molecule is C=C(C(=O)OC(C)(C)C)N1CCCCC1. The fourth-order valence-electron chi connectivity index (χ4n) is 1.63. The molecule has 1 aliphatic heterocycles. The second-order valence-corrected chi connectivity index (χ2v) is 5.00. The van der Waals surface area contributed by atoms with E-state index in [1.807, 2.05) is 25.7 Å². The Morgan fingerprint density at radius 2 is 1.73 bits per heavy atom. The lowest BCUT2D eigenvalue weighted by Gasteiger charge is -2.30. The maximum Gasteiger partial charge on any atom is 0.354 e. The van der Waals surface area contributed by atoms with Crippen LogP contribution in [0.5, 0.6) is 0 Å². The molecule has 0 unspecified atom stereocenters. The fourth-order valence-corrected chi connectivity index (χ4v) is 1.63. The third-order valence-corrected chi connectivity index (χ3v) is 2.37. The molecule has 0 radical (unpaired) electrons. The highest BCUT2D eigenvalue weighted by molar-refractivity contribution is 5.87. The molecular weight excluding hydrogens is 190 g/mol. The number of rotatable bonds is 2. The Morgan fingerprint density at radius 3 is 2.20 bits per heavy atom. The highest BCUT2D eigenvalue weighted by Crippen LogP contribution is 2.17. The van der Waals surface area contributed by atoms with Gasteiger partial charge in [0.2, 0.25) is 0 Å². The van der Waals surface area contributed by atoms with Crippen LogP contribution < -0.4 is 0 Å². The summed E-state index contributed by atoms with van der Waals surface area (Å²) >= 11 is 0. The molecule has 3 nitrogen and oxygen atoms in total. The van der Waals surface area contributed by atoms with Crippen molar-refractivity contribution >= 4 is 5.97 Å². The molecule has 0 spiro atoms. The molecule has 0 saturated carbocycles. The van der Waals surface area contributed by atoms with Crippen LogP contribution in [-0.2, 0) is 9.53 Å². The van der Waals surface area contributed by atoms with Crippen LogP contribution in [0, 0.1) is 0 Å². The summed E-state index contributed by atoms with van der Waals surface area (Å²) in [5, 5.41) is 0. The third kappa shape index (κ3) is 3.94. The van der Waals surface area contributed by atoms with E-state index in [4.69, 9.17) is 4.74 Å². The van der Waals surface area contributed by atoms with Crippen molar-refractivity contribution < 1.29 is 9.53 Å². The number of hydrogen-bond acceptors (Lipinski definition) is 3. The van der Waals surface area contributed by atoms with Gasteiger partial charge in [-0.05, 0) is 40.0 Å². The first-order valence-electron chi connectivity index (χ1n) is 5.57. The zero-order chi connectivity index (χ0) is 11.5. The maximum absolute atomic E-state index is 11.7. The third-order valence-electron chi connectivity index (χ3n) is 2.37. The van der Waals surface area contributed by atoms with Crippen LogP contribution in [0.15, 0.2) is 12.3 Å². The molecule has 3 heteroatoms. The van der Waals surface area contributed by atoms with Crippen molar-refractivity contribution in [3.63, 3.8) is 0 Å². The van der Waals surface area contributed by atoms with Gasteiger partial charge in [0.15, 0.2) is 0 Å². The van der Waals surface area contributed by atoms with Gasteiger partial charge in [0.1, 0.15) is 11.3 Å². The van der Waals surface area contributed by atoms with Crippen molar-refractivity contribution in [2.45, 2.75) is 45.6 Å². The van der Waals surface area contributed by atoms with E-state index >= 15 is 0 Å². The number of carbonyl (C=O) groups is 1. The van der Waals surface area contributed by atoms with Gasteiger partial charge in [-0.25, -0.2) is 4.79 Å². The van der Waals surface area contributed by atoms with E-state index in [9.17, 15) is 4.79 Å². The first-order chi connectivity index (χ1) is 6.90. The minimum atomic E-state index is -0.435. The average Bonchev–Trinajstić information content (AvgIpc) is 2.15. The topological polar surface area (TPSA) is 29.5 Å². The van der Waals surface area contributed by atoms with Crippen LogP contribution in [0.2, 0.25) is 0 Å². The second-order valence-electron chi connectivity index (χ2n) is 5.00. The van der Waals surface area contributed by atoms with E-state index in [0.717, 1.165) is 25.9 Å². The highest BCUT2D eigenvalue weighted by atomic mass is 16.6. The normalized spacial score (nSPS) is 17.4. The molecule has 0 aliphatic carbocycles. The number of carbonyl (C=O) groups excluding carboxylic acids is 1. The van der Waals surface area contributed by atoms with Gasteiger partial charge in [-0.2, -0.15) is 0 Å². The van der Waals surface area contributed by atoms with Crippen molar-refractivity contribution in [2.75, 3.05) is 13.1 Å². The Morgan fingerprint density at radius 1 is 1.20 bits per heavy atom. The molecule has 0 atom stereocenters. The summed E-state index contributed by atoms with van der Waals surface area (Å²) in [4.78, 5) is 13.7. The maximum atomic E-state index is 11.7. The molecule has 1 saturated heterocycles. The molecule has 0 aromatic carbocycles. The van der Waals surface area contributed by atoms with Crippen molar-refractivity contribution in [2.24, 2.45) is 0 Å². The van der Waals surface area contributed by atoms with Crippen LogP contribution in [-0.4, -0.2) is 29.6 Å². The van der Waals surface area contributed by atoms with E-state index < -0.39 is 5.60 Å². The first-order valence-corrected chi connectivity index (χ1v) is 5.57. The molecule has 0 aromatic heterocycles. The summed E-state index contributed by atoms with van der Waals surface area (Å²) in [6, 6.07) is 0. The van der Waals surface area contributed by atoms with Gasteiger partial charge >= 0.3 is 5.97 Å². The summed E-state index contributed by atoms with van der Waals surface area (Å²) in [6.07, 6.45) is 3.53. The van der Waals surface area contributed by atoms with E-state index in [0.29, 0.717) is 5.70 Å². The number of hydrogen-bond donors (Lipinski definition) is 0. The van der Waals surface area contributed by atoms with Gasteiger partial charge in [-0.15, -0.1) is 0 Å². The number of likely N-dealkylation sites (tertiary alicyclic amines) is 1. The van der Waals surface area contributed by atoms with Gasteiger partial charge in [0.25, 0.3) is 0 Å². The summed E-state index contributed by atoms with van der Waals surface area (Å²) in [7, 11) is 0. The Labute approximate surface area is 92.1 Å². The average molecular weight is 211 g/mol. The predicted molar refractivity (Wildman–Crippen MR) is 60.4 cm³/mol. The quantitative estimate of drug-likeness (QED) is 0.518. The molecule has 1 aliphatic rings. The molecular formula is C12H21NO2. The zero-order valence-electron chi connectivity index (χ0n) is 10.0. The minimum absolute atomic E-state index is 0.288. The number of piperidine rings is 1. The van der Waals surface area contributed by atoms with E-state index in [1.165, 1.54) is 6.42 Å². The predicted octanol–water partition coefficient (Wildman–Crippen LogP) is 2.33. The molecule has 1 rings (SSSR count). The summed E-state index contributed by atoms with van der Waals surface area (Å²) in [5.41, 5.74) is 0.0696. The van der Waals surface area contributed by atoms with Crippen LogP contribution in [0.1, 0.15) is 40.0 Å². The number of ether oxygens (including phenoxy) is 1. The smallest absolute Gasteiger partial charge is 0.354 e. The van der Waals surface area contributed by atoms with Crippen molar-refractivity contribution in [3.8, 4) is 0 Å². The molecule has 0 bridgehead atoms. The molecule has 15 heavy (non-hydrogen) atoms. The first kappa shape index (κ1) is 12.1. The van der Waals surface area contributed by atoms with E-state index in [-0.39, 0.29) is 5.97 Å². The second kappa shape index (κ2) is 4.69. The van der Waals surface area contributed by atoms with Gasteiger partial charge in [-0.3, -0.25) is 0 Å². The minimum Gasteiger partial charge on any atom is -0.455 e. The Kier molecular flexibility index (Phi) is 3.77. The van der Waals surface area contributed by atoms with Crippen LogP contribution in [0.4, 0.5) is 0 Å². The lowest BCUT2D eigenvalue weighted by Crippen LogP contribution is -2.35. The largest absolute Gasteiger partial charge is 0.455 e. The van der Waals surface area contributed by atoms with Gasteiger partial charge in [0.05, 0.1) is 0 Å². The molecule has 0 amide bonds. The molecule has 0 aromatic rings. The van der Waals surface area contributed by atoms with E-state index in [1.54, 1.807) is 0 Å². The Hall–Kier alpha value is -0.990. The Bertz CT molecular complexity index is 247. The van der Waals surface area contributed by atoms with Crippen LogP contribution in [0.3, 0.4) is 0 Å². The van der Waals surface area contributed by atoms with Crippen molar-refractivity contribution in [3.05, 3.63) is 12.3 Å². The summed E-state index contributed by atoms with van der Waals surface area (Å²) in [5.74, 6) is -0.288. The highest BCUT2D eigenvalue weighted by Gasteiger charge is 2.23. The lowest BCUT2D eigenvalue weighted by atomic mass is 10.1. The zero-order valence-corrected chi connectivity index (χ0v) is 10.0. The van der Waals surface area contributed by atoms with Crippen LogP contribution >= 0.6 is 0 Å². The summed E-state index contributed by atoms with van der Waals surface area (Å²) < 4.78 is 5.27. The van der Waals surface area contributed by atoms with Crippen LogP contribution in [0.25, 0.3) is 0 Å². The van der Waals surface area contributed by atoms with Crippen molar-refractivity contribution in [1.82, 2.24) is 4.90 Å². The lowest BCUT2D eigenvalue weighted by molar-refractivity contribution is -0.151. The fraction of sp³-hybridized carbons (Fsp3) is 0.750. The standard InChI is InChI=1S/C12H21NO2/c1-10(11(14)15-12(2,3)4)13-8-6-5-7-9-13/h1,5-9H2,2-4H3. The number of esters is 1. The Balaban J connectivity index is 2.48. The summed E-state index contributed by atoms with van der Waals surface area (Å²) in [6.45, 7) is 11.3. The van der Waals surface area contributed by atoms with Crippen molar-refractivity contribution in [1.29, 1.82) is 0 Å². The van der Waals surface area contributed by atoms with Gasteiger partial charge in [0, 0.05) is 13.1 Å². The monoisotopic (exact) mass is 211 g/mol. The van der Waals surface area contributed by atoms with Gasteiger partial charge < -0.3 is 9.64 Å². The molecule has 86 valence electrons. The number of nitrogens with zero attached hydrogens (tertiary/aromatic N) is 1. The van der Waals surface area contributed by atoms with E-state index in [2.05, 4.69) is 6.58 Å². The molecule has 0 N–H and O–H groups in total. The van der Waals surface area contributed by atoms with Gasteiger partial charge in [-0.1, -0.05) is 6.58 Å². The molecule has 1 fully saturated rings. The molecule has 1 heterocycles.